The van der Waals surface area contributed by atoms with Crippen LogP contribution in [0.3, 0.4) is 0 Å². The number of allylic oxidation sites excluding steroid dienone is 1. The summed E-state index contributed by atoms with van der Waals surface area (Å²) in [6.07, 6.45) is 11.2. The van der Waals surface area contributed by atoms with E-state index in [9.17, 15) is 9.59 Å². The average molecular weight is 755 g/mol. The topological polar surface area (TPSA) is 68.3 Å². The molecular weight excluding hydrogens is 685 g/mol. The van der Waals surface area contributed by atoms with Gasteiger partial charge in [0.15, 0.2) is 0 Å². The zero-order valence-electron chi connectivity index (χ0n) is 35.6. The molecule has 0 bridgehead atoms. The number of rotatable bonds is 20. The van der Waals surface area contributed by atoms with Crippen molar-refractivity contribution in [2.45, 2.75) is 156 Å². The molecule has 55 heavy (non-hydrogen) atoms. The minimum absolute atomic E-state index is 0.195. The molecule has 3 aromatic carbocycles. The van der Waals surface area contributed by atoms with E-state index in [0.29, 0.717) is 25.1 Å². The number of hydrogen-bond donors (Lipinski definition) is 0. The van der Waals surface area contributed by atoms with Crippen LogP contribution in [0.1, 0.15) is 149 Å². The van der Waals surface area contributed by atoms with Crippen molar-refractivity contribution in [1.82, 2.24) is 9.80 Å². The maximum atomic E-state index is 12.8. The van der Waals surface area contributed by atoms with Crippen LogP contribution in [0, 0.1) is 0 Å². The van der Waals surface area contributed by atoms with Gasteiger partial charge >= 0.3 is 12.2 Å². The van der Waals surface area contributed by atoms with Gasteiger partial charge in [0.1, 0.15) is 23.6 Å². The second-order valence-electron chi connectivity index (χ2n) is 17.2. The highest BCUT2D eigenvalue weighted by atomic mass is 16.6. The molecule has 0 unspecified atom stereocenters. The summed E-state index contributed by atoms with van der Waals surface area (Å²) in [7, 11) is 0. The first-order valence-corrected chi connectivity index (χ1v) is 20.6. The predicted molar refractivity (Wildman–Crippen MR) is 228 cm³/mol. The number of amides is 2. The number of hydrogen-bond acceptors (Lipinski definition) is 6. The van der Waals surface area contributed by atoms with Gasteiger partial charge in [0.25, 0.3) is 0 Å². The molecule has 0 saturated carbocycles. The monoisotopic (exact) mass is 755 g/mol. The summed E-state index contributed by atoms with van der Waals surface area (Å²) < 4.78 is 17.5. The van der Waals surface area contributed by atoms with Crippen LogP contribution in [-0.4, -0.2) is 58.4 Å². The number of benzene rings is 3. The molecule has 7 heteroatoms. The maximum absolute atomic E-state index is 12.8. The van der Waals surface area contributed by atoms with Crippen molar-refractivity contribution in [1.29, 1.82) is 0 Å². The Balaban J connectivity index is 1.62. The van der Waals surface area contributed by atoms with Crippen molar-refractivity contribution in [3.8, 4) is 5.75 Å². The second kappa shape index (κ2) is 22.5. The van der Waals surface area contributed by atoms with E-state index in [1.807, 2.05) is 6.07 Å². The van der Waals surface area contributed by atoms with Crippen LogP contribution in [0.15, 0.2) is 84.9 Å². The van der Waals surface area contributed by atoms with E-state index >= 15 is 0 Å². The molecule has 0 aliphatic carbocycles. The third-order valence-corrected chi connectivity index (χ3v) is 9.39. The third-order valence-electron chi connectivity index (χ3n) is 9.39. The molecule has 0 spiro atoms. The molecule has 302 valence electrons. The summed E-state index contributed by atoms with van der Waals surface area (Å²) >= 11 is 0. The summed E-state index contributed by atoms with van der Waals surface area (Å²) in [5.41, 5.74) is 3.50. The van der Waals surface area contributed by atoms with Gasteiger partial charge in [-0.2, -0.15) is 0 Å². The lowest BCUT2D eigenvalue weighted by molar-refractivity contribution is 0.00117. The minimum Gasteiger partial charge on any atom is -0.489 e. The zero-order valence-corrected chi connectivity index (χ0v) is 35.6. The van der Waals surface area contributed by atoms with Gasteiger partial charge in [-0.05, 0) is 130 Å². The average Bonchev–Trinajstić information content (AvgIpc) is 3.10. The van der Waals surface area contributed by atoms with E-state index in [1.54, 1.807) is 41.5 Å². The molecule has 0 aromatic heterocycles. The van der Waals surface area contributed by atoms with E-state index in [-0.39, 0.29) is 12.5 Å². The quantitative estimate of drug-likeness (QED) is 0.107. The van der Waals surface area contributed by atoms with Gasteiger partial charge in [-0.3, -0.25) is 4.90 Å². The van der Waals surface area contributed by atoms with E-state index in [0.717, 1.165) is 67.7 Å². The molecule has 1 atom stereocenters. The van der Waals surface area contributed by atoms with E-state index < -0.39 is 23.4 Å². The summed E-state index contributed by atoms with van der Waals surface area (Å²) in [6.45, 7) is 21.7. The van der Waals surface area contributed by atoms with Gasteiger partial charge in [-0.25, -0.2) is 14.5 Å². The lowest BCUT2D eigenvalue weighted by atomic mass is 9.86. The smallest absolute Gasteiger partial charge is 0.419 e. The van der Waals surface area contributed by atoms with Gasteiger partial charge in [0.2, 0.25) is 0 Å². The van der Waals surface area contributed by atoms with Crippen molar-refractivity contribution in [3.63, 3.8) is 0 Å². The number of carbonyl (C=O) groups excluding carboxylic acids is 2. The molecule has 0 heterocycles. The Morgan fingerprint density at radius 3 is 1.78 bits per heavy atom. The first kappa shape index (κ1) is 45.3. The summed E-state index contributed by atoms with van der Waals surface area (Å²) in [6, 6.07) is 28.9. The number of imide groups is 1. The minimum atomic E-state index is -0.692. The van der Waals surface area contributed by atoms with Gasteiger partial charge in [-0.15, -0.1) is 0 Å². The normalized spacial score (nSPS) is 12.7. The van der Waals surface area contributed by atoms with Gasteiger partial charge < -0.3 is 14.2 Å². The number of ether oxygens (including phenoxy) is 3. The van der Waals surface area contributed by atoms with Crippen LogP contribution in [0.2, 0.25) is 0 Å². The highest BCUT2D eigenvalue weighted by molar-refractivity contribution is 5.88. The van der Waals surface area contributed by atoms with E-state index in [4.69, 9.17) is 14.2 Å². The fourth-order valence-corrected chi connectivity index (χ4v) is 6.74. The fourth-order valence-electron chi connectivity index (χ4n) is 6.74. The van der Waals surface area contributed by atoms with Gasteiger partial charge in [0, 0.05) is 30.1 Å². The Morgan fingerprint density at radius 2 is 1.22 bits per heavy atom. The van der Waals surface area contributed by atoms with E-state index in [2.05, 4.69) is 118 Å². The fraction of sp³-hybridized carbons (Fsp3) is 0.542. The SMILES string of the molecule is CC(C)N(CC[C@H](c1ccccc1)c1cc(C=CCCCCCCCCN(C(=O)OC(C)(C)C)C(=O)OC(C)(C)C)ccc1OCc1ccccc1)C(C)C. The van der Waals surface area contributed by atoms with Crippen LogP contribution in [-0.2, 0) is 16.1 Å². The largest absolute Gasteiger partial charge is 0.489 e. The molecule has 0 aliphatic rings. The van der Waals surface area contributed by atoms with Crippen molar-refractivity contribution >= 4 is 18.3 Å². The van der Waals surface area contributed by atoms with Crippen LogP contribution in [0.5, 0.6) is 5.75 Å². The molecular formula is C48H70N2O5. The standard InChI is InChI=1S/C48H70N2O5/c1-37(2)49(38(3)4)34-32-42(41-28-22-18-23-29-41)43-35-39(30-31-44(43)53-36-40-26-20-17-21-27-40)25-19-15-13-11-12-14-16-24-33-50(45(51)54-47(5,6)7)46(52)55-48(8,9)10/h17-23,25-31,35,37-38,42H,11-16,24,32-34,36H2,1-10H3/t42-/m1/s1. The summed E-state index contributed by atoms with van der Waals surface area (Å²) in [4.78, 5) is 29.2. The number of unbranched alkanes of at least 4 members (excludes halogenated alkanes) is 6. The lowest BCUT2D eigenvalue weighted by Gasteiger charge is -2.32. The molecule has 0 radical (unpaired) electrons. The highest BCUT2D eigenvalue weighted by Gasteiger charge is 2.30. The predicted octanol–water partition coefficient (Wildman–Crippen LogP) is 12.8. The Hall–Kier alpha value is -4.10. The molecule has 3 rings (SSSR count). The van der Waals surface area contributed by atoms with Crippen LogP contribution < -0.4 is 4.74 Å². The first-order chi connectivity index (χ1) is 26.0. The molecule has 0 N–H and O–H groups in total. The van der Waals surface area contributed by atoms with Crippen molar-refractivity contribution in [2.24, 2.45) is 0 Å². The van der Waals surface area contributed by atoms with Crippen LogP contribution >= 0.6 is 0 Å². The Morgan fingerprint density at radius 1 is 0.673 bits per heavy atom. The number of nitrogens with zero attached hydrogens (tertiary/aromatic N) is 2. The van der Waals surface area contributed by atoms with Crippen LogP contribution in [0.25, 0.3) is 6.08 Å². The Labute approximate surface area is 333 Å². The highest BCUT2D eigenvalue weighted by Crippen LogP contribution is 2.37. The van der Waals surface area contributed by atoms with E-state index in [1.165, 1.54) is 16.7 Å². The zero-order chi connectivity index (χ0) is 40.4. The van der Waals surface area contributed by atoms with Crippen molar-refractivity contribution in [2.75, 3.05) is 13.1 Å². The Kier molecular flexibility index (Phi) is 18.5. The molecule has 7 nitrogen and oxygen atoms in total. The summed E-state index contributed by atoms with van der Waals surface area (Å²) in [5.74, 6) is 1.14. The molecule has 0 aliphatic heterocycles. The van der Waals surface area contributed by atoms with Gasteiger partial charge in [0.05, 0.1) is 0 Å². The maximum Gasteiger partial charge on any atom is 0.419 e. The van der Waals surface area contributed by atoms with Gasteiger partial charge in [-0.1, -0.05) is 105 Å². The van der Waals surface area contributed by atoms with Crippen molar-refractivity contribution in [3.05, 3.63) is 107 Å². The molecule has 2 amide bonds. The Bertz CT molecular complexity index is 1550. The number of carbonyl (C=O) groups is 2. The van der Waals surface area contributed by atoms with Crippen LogP contribution in [0.4, 0.5) is 9.59 Å². The molecule has 0 fully saturated rings. The molecule has 0 saturated heterocycles. The van der Waals surface area contributed by atoms with Crippen molar-refractivity contribution < 1.29 is 23.8 Å². The summed E-state index contributed by atoms with van der Waals surface area (Å²) in [5, 5.41) is 0. The molecule has 3 aromatic rings. The lowest BCUT2D eigenvalue weighted by Crippen LogP contribution is -2.44. The first-order valence-electron chi connectivity index (χ1n) is 20.6. The second-order valence-corrected chi connectivity index (χ2v) is 17.2. The third kappa shape index (κ3) is 17.1.